The molecule has 20 heavy (non-hydrogen) atoms. The van der Waals surface area contributed by atoms with Crippen molar-refractivity contribution in [2.75, 3.05) is 0 Å². The zero-order valence-electron chi connectivity index (χ0n) is 10.1. The molecule has 2 heterocycles. The number of thiazole rings is 1. The average Bonchev–Trinajstić information content (AvgIpc) is 2.99. The van der Waals surface area contributed by atoms with Crippen molar-refractivity contribution in [3.8, 4) is 0 Å². The molecule has 2 aromatic heterocycles. The van der Waals surface area contributed by atoms with Crippen LogP contribution in [0, 0.1) is 0 Å². The van der Waals surface area contributed by atoms with Crippen LogP contribution in [0.4, 0.5) is 0 Å². The number of carbonyl (C=O) groups is 1. The highest BCUT2D eigenvalue weighted by Crippen LogP contribution is 2.20. The Hall–Kier alpha value is -1.56. The molecule has 102 valence electrons. The van der Waals surface area contributed by atoms with E-state index in [-0.39, 0.29) is 5.91 Å². The van der Waals surface area contributed by atoms with Crippen LogP contribution >= 0.6 is 34.5 Å². The van der Waals surface area contributed by atoms with E-state index in [1.807, 2.05) is 22.2 Å². The summed E-state index contributed by atoms with van der Waals surface area (Å²) >= 11 is 13.4. The van der Waals surface area contributed by atoms with E-state index >= 15 is 0 Å². The predicted octanol–water partition coefficient (Wildman–Crippen LogP) is 3.63. The van der Waals surface area contributed by atoms with Gasteiger partial charge < -0.3 is 5.32 Å². The third kappa shape index (κ3) is 2.65. The quantitative estimate of drug-likeness (QED) is 0.799. The fraction of sp³-hybridized carbons (Fsp3) is 0.0769. The van der Waals surface area contributed by atoms with E-state index < -0.39 is 0 Å². The standard InChI is InChI=1S/C13H9Cl2N3OS/c14-8-1-2-11(15)10(5-8)12(19)16-6-9-7-18-3-4-20-13(18)17-9/h1-5,7H,6H2,(H,16,19). The molecule has 0 aliphatic carbocycles. The Morgan fingerprint density at radius 3 is 3.05 bits per heavy atom. The van der Waals surface area contributed by atoms with Crippen molar-refractivity contribution in [1.82, 2.24) is 14.7 Å². The number of carbonyl (C=O) groups excluding carboxylic acids is 1. The van der Waals surface area contributed by atoms with Gasteiger partial charge in [-0.3, -0.25) is 9.20 Å². The molecule has 0 fully saturated rings. The van der Waals surface area contributed by atoms with Crippen LogP contribution in [0.5, 0.6) is 0 Å². The average molecular weight is 326 g/mol. The Morgan fingerprint density at radius 1 is 1.40 bits per heavy atom. The lowest BCUT2D eigenvalue weighted by atomic mass is 10.2. The fourth-order valence-corrected chi connectivity index (χ4v) is 2.89. The molecular weight excluding hydrogens is 317 g/mol. The zero-order valence-corrected chi connectivity index (χ0v) is 12.5. The minimum Gasteiger partial charge on any atom is -0.346 e. The van der Waals surface area contributed by atoms with E-state index in [2.05, 4.69) is 10.3 Å². The maximum atomic E-state index is 12.1. The van der Waals surface area contributed by atoms with Gasteiger partial charge in [0.25, 0.3) is 5.91 Å². The van der Waals surface area contributed by atoms with Gasteiger partial charge in [-0.1, -0.05) is 23.2 Å². The molecule has 1 aromatic carbocycles. The second-order valence-corrected chi connectivity index (χ2v) is 5.85. The second kappa shape index (κ2) is 5.44. The summed E-state index contributed by atoms with van der Waals surface area (Å²) in [5.41, 5.74) is 1.16. The Balaban J connectivity index is 1.73. The summed E-state index contributed by atoms with van der Waals surface area (Å²) in [6.07, 6.45) is 3.80. The van der Waals surface area contributed by atoms with Crippen LogP contribution in [0.15, 0.2) is 36.0 Å². The molecule has 0 bridgehead atoms. The molecule has 7 heteroatoms. The topological polar surface area (TPSA) is 46.4 Å². The normalized spacial score (nSPS) is 10.9. The first-order valence-electron chi connectivity index (χ1n) is 5.78. The van der Waals surface area contributed by atoms with Crippen LogP contribution in [0.1, 0.15) is 16.1 Å². The van der Waals surface area contributed by atoms with Gasteiger partial charge in [-0.05, 0) is 18.2 Å². The van der Waals surface area contributed by atoms with Gasteiger partial charge in [-0.25, -0.2) is 4.98 Å². The van der Waals surface area contributed by atoms with Gasteiger partial charge in [0.2, 0.25) is 0 Å². The number of hydrogen-bond donors (Lipinski definition) is 1. The van der Waals surface area contributed by atoms with Gasteiger partial charge in [0.05, 0.1) is 22.8 Å². The lowest BCUT2D eigenvalue weighted by Crippen LogP contribution is -2.23. The van der Waals surface area contributed by atoms with Crippen LogP contribution in [0.3, 0.4) is 0 Å². The van der Waals surface area contributed by atoms with Crippen molar-refractivity contribution in [2.24, 2.45) is 0 Å². The summed E-state index contributed by atoms with van der Waals surface area (Å²) < 4.78 is 1.92. The van der Waals surface area contributed by atoms with Gasteiger partial charge in [0, 0.05) is 22.8 Å². The molecule has 1 amide bonds. The molecule has 3 rings (SSSR count). The molecule has 0 aliphatic heterocycles. The molecule has 0 spiro atoms. The van der Waals surface area contributed by atoms with Crippen molar-refractivity contribution in [2.45, 2.75) is 6.54 Å². The maximum Gasteiger partial charge on any atom is 0.253 e. The van der Waals surface area contributed by atoms with E-state index in [1.165, 1.54) is 0 Å². The Kier molecular flexibility index (Phi) is 3.65. The van der Waals surface area contributed by atoms with Crippen molar-refractivity contribution in [1.29, 1.82) is 0 Å². The fourth-order valence-electron chi connectivity index (χ4n) is 1.80. The van der Waals surface area contributed by atoms with Gasteiger partial charge in [-0.15, -0.1) is 11.3 Å². The monoisotopic (exact) mass is 325 g/mol. The Morgan fingerprint density at radius 2 is 2.25 bits per heavy atom. The van der Waals surface area contributed by atoms with Crippen LogP contribution in [0.2, 0.25) is 10.0 Å². The molecule has 0 saturated heterocycles. The van der Waals surface area contributed by atoms with E-state index in [4.69, 9.17) is 23.2 Å². The first-order valence-corrected chi connectivity index (χ1v) is 7.41. The SMILES string of the molecule is O=C(NCc1cn2ccsc2n1)c1cc(Cl)ccc1Cl. The molecule has 1 N–H and O–H groups in total. The Labute approximate surface area is 129 Å². The van der Waals surface area contributed by atoms with E-state index in [0.717, 1.165) is 10.7 Å². The first kappa shape index (κ1) is 13.4. The number of fused-ring (bicyclic) bond motifs is 1. The minimum absolute atomic E-state index is 0.270. The highest BCUT2D eigenvalue weighted by molar-refractivity contribution is 7.15. The summed E-state index contributed by atoms with van der Waals surface area (Å²) in [4.78, 5) is 17.3. The number of amides is 1. The smallest absolute Gasteiger partial charge is 0.253 e. The third-order valence-corrected chi connectivity index (χ3v) is 4.08. The van der Waals surface area contributed by atoms with Crippen LogP contribution in [-0.2, 0) is 6.54 Å². The number of hydrogen-bond acceptors (Lipinski definition) is 3. The number of halogens is 2. The molecule has 0 aliphatic rings. The largest absolute Gasteiger partial charge is 0.346 e. The van der Waals surface area contributed by atoms with Crippen molar-refractivity contribution in [3.05, 3.63) is 57.3 Å². The van der Waals surface area contributed by atoms with Crippen molar-refractivity contribution < 1.29 is 4.79 Å². The Bertz CT molecular complexity index is 752. The molecule has 3 aromatic rings. The number of rotatable bonds is 3. The lowest BCUT2D eigenvalue weighted by Gasteiger charge is -2.05. The maximum absolute atomic E-state index is 12.1. The van der Waals surface area contributed by atoms with Gasteiger partial charge in [-0.2, -0.15) is 0 Å². The molecular formula is C13H9Cl2N3OS. The summed E-state index contributed by atoms with van der Waals surface area (Å²) in [5, 5.41) is 5.58. The van der Waals surface area contributed by atoms with Crippen molar-refractivity contribution in [3.63, 3.8) is 0 Å². The van der Waals surface area contributed by atoms with Crippen molar-refractivity contribution >= 4 is 45.4 Å². The summed E-state index contributed by atoms with van der Waals surface area (Å²) in [7, 11) is 0. The summed E-state index contributed by atoms with van der Waals surface area (Å²) in [6.45, 7) is 0.343. The van der Waals surface area contributed by atoms with Crippen LogP contribution in [0.25, 0.3) is 4.96 Å². The highest BCUT2D eigenvalue weighted by Gasteiger charge is 2.11. The summed E-state index contributed by atoms with van der Waals surface area (Å²) in [5.74, 6) is -0.270. The van der Waals surface area contributed by atoms with Gasteiger partial charge in [0.1, 0.15) is 0 Å². The highest BCUT2D eigenvalue weighted by atomic mass is 35.5. The van der Waals surface area contributed by atoms with Crippen LogP contribution < -0.4 is 5.32 Å². The van der Waals surface area contributed by atoms with E-state index in [9.17, 15) is 4.79 Å². The zero-order chi connectivity index (χ0) is 14.1. The lowest BCUT2D eigenvalue weighted by molar-refractivity contribution is 0.0950. The van der Waals surface area contributed by atoms with Gasteiger partial charge in [0.15, 0.2) is 4.96 Å². The number of benzene rings is 1. The molecule has 4 nitrogen and oxygen atoms in total. The second-order valence-electron chi connectivity index (χ2n) is 4.13. The van der Waals surface area contributed by atoms with Gasteiger partial charge >= 0.3 is 0 Å². The number of aromatic nitrogens is 2. The van der Waals surface area contributed by atoms with E-state index in [0.29, 0.717) is 22.2 Å². The van der Waals surface area contributed by atoms with Crippen LogP contribution in [-0.4, -0.2) is 15.3 Å². The number of nitrogens with zero attached hydrogens (tertiary/aromatic N) is 2. The molecule has 0 unspecified atom stereocenters. The number of nitrogens with one attached hydrogen (secondary N) is 1. The first-order chi connectivity index (χ1) is 9.63. The minimum atomic E-state index is -0.270. The third-order valence-electron chi connectivity index (χ3n) is 2.75. The molecule has 0 radical (unpaired) electrons. The molecule has 0 saturated carbocycles. The molecule has 0 atom stereocenters. The summed E-state index contributed by atoms with van der Waals surface area (Å²) in [6, 6.07) is 4.79. The van der Waals surface area contributed by atoms with E-state index in [1.54, 1.807) is 29.5 Å². The number of imidazole rings is 1. The predicted molar refractivity (Wildman–Crippen MR) is 80.7 cm³/mol.